The monoisotopic (exact) mass is 524 g/mol. The van der Waals surface area contributed by atoms with Gasteiger partial charge in [0.25, 0.3) is 0 Å². The topological polar surface area (TPSA) is 68.3 Å². The van der Waals surface area contributed by atoms with Crippen molar-refractivity contribution in [2.75, 3.05) is 39.3 Å². The highest BCUT2D eigenvalue weighted by molar-refractivity contribution is 7.92. The van der Waals surface area contributed by atoms with Crippen LogP contribution in [-0.4, -0.2) is 47.1 Å². The van der Waals surface area contributed by atoms with Crippen LogP contribution in [0.4, 0.5) is 5.69 Å². The SMILES string of the molecule is CCN(CC)c1ccc(CN(Cc2cc(OC)c(OC)c(OC)c2)S(=O)(=O)/C=C/c2ccccc2)cc1. The third-order valence-electron chi connectivity index (χ3n) is 6.10. The molecular formula is C29H36N2O5S. The van der Waals surface area contributed by atoms with Gasteiger partial charge >= 0.3 is 0 Å². The summed E-state index contributed by atoms with van der Waals surface area (Å²) in [6, 6.07) is 20.9. The molecule has 0 aromatic heterocycles. The van der Waals surface area contributed by atoms with Gasteiger partial charge in [0.2, 0.25) is 15.8 Å². The number of hydrogen-bond donors (Lipinski definition) is 0. The molecule has 0 saturated carbocycles. The van der Waals surface area contributed by atoms with Crippen LogP contribution in [0.15, 0.2) is 72.1 Å². The Morgan fingerprint density at radius 3 is 1.84 bits per heavy atom. The normalized spacial score (nSPS) is 11.6. The first-order chi connectivity index (χ1) is 17.8. The van der Waals surface area contributed by atoms with Crippen LogP contribution in [0.2, 0.25) is 0 Å². The highest BCUT2D eigenvalue weighted by Gasteiger charge is 2.22. The number of methoxy groups -OCH3 is 3. The summed E-state index contributed by atoms with van der Waals surface area (Å²) in [6.07, 6.45) is 1.61. The van der Waals surface area contributed by atoms with Gasteiger partial charge in [-0.2, -0.15) is 4.31 Å². The molecule has 0 radical (unpaired) electrons. The Kier molecular flexibility index (Phi) is 10.00. The zero-order valence-electron chi connectivity index (χ0n) is 22.2. The summed E-state index contributed by atoms with van der Waals surface area (Å²) in [5.74, 6) is 1.40. The fourth-order valence-corrected chi connectivity index (χ4v) is 5.24. The predicted molar refractivity (Wildman–Crippen MR) is 150 cm³/mol. The van der Waals surface area contributed by atoms with Crippen LogP contribution >= 0.6 is 0 Å². The van der Waals surface area contributed by atoms with Crippen LogP contribution in [0.25, 0.3) is 6.08 Å². The Hall–Kier alpha value is -3.49. The van der Waals surface area contributed by atoms with Crippen LogP contribution in [-0.2, 0) is 23.1 Å². The molecule has 0 saturated heterocycles. The Bertz CT molecular complexity index is 1250. The highest BCUT2D eigenvalue weighted by atomic mass is 32.2. The molecule has 0 aliphatic rings. The molecule has 3 aromatic rings. The van der Waals surface area contributed by atoms with E-state index in [2.05, 4.69) is 18.7 Å². The summed E-state index contributed by atoms with van der Waals surface area (Å²) >= 11 is 0. The van der Waals surface area contributed by atoms with Gasteiger partial charge < -0.3 is 19.1 Å². The van der Waals surface area contributed by atoms with Gasteiger partial charge in [-0.1, -0.05) is 42.5 Å². The standard InChI is InChI=1S/C29H36N2O5S/c1-6-30(7-2)26-15-13-24(14-16-26)21-31(37(32,33)18-17-23-11-9-8-10-12-23)22-25-19-27(34-3)29(36-5)28(20-25)35-4/h8-20H,6-7,21-22H2,1-5H3/b18-17+. The molecule has 0 bridgehead atoms. The molecule has 3 rings (SSSR count). The molecule has 0 aliphatic heterocycles. The Morgan fingerprint density at radius 1 is 0.757 bits per heavy atom. The van der Waals surface area contributed by atoms with Gasteiger partial charge in [0.15, 0.2) is 11.5 Å². The Morgan fingerprint density at radius 2 is 1.32 bits per heavy atom. The summed E-state index contributed by atoms with van der Waals surface area (Å²) < 4.78 is 44.9. The van der Waals surface area contributed by atoms with Crippen LogP contribution in [0.3, 0.4) is 0 Å². The van der Waals surface area contributed by atoms with Gasteiger partial charge in [-0.3, -0.25) is 0 Å². The van der Waals surface area contributed by atoms with Crippen molar-refractivity contribution in [3.8, 4) is 17.2 Å². The summed E-state index contributed by atoms with van der Waals surface area (Å²) in [4.78, 5) is 2.25. The van der Waals surface area contributed by atoms with E-state index in [-0.39, 0.29) is 13.1 Å². The molecular weight excluding hydrogens is 488 g/mol. The lowest BCUT2D eigenvalue weighted by Gasteiger charge is -2.23. The molecule has 0 heterocycles. The van der Waals surface area contributed by atoms with Crippen molar-refractivity contribution in [3.05, 3.63) is 88.8 Å². The van der Waals surface area contributed by atoms with E-state index >= 15 is 0 Å². The lowest BCUT2D eigenvalue weighted by molar-refractivity contribution is 0.322. The maximum absolute atomic E-state index is 13.6. The first-order valence-electron chi connectivity index (χ1n) is 12.2. The molecule has 0 fully saturated rings. The van der Waals surface area contributed by atoms with Crippen molar-refractivity contribution in [2.45, 2.75) is 26.9 Å². The van der Waals surface area contributed by atoms with Crippen LogP contribution < -0.4 is 19.1 Å². The second-order valence-electron chi connectivity index (χ2n) is 8.40. The largest absolute Gasteiger partial charge is 0.493 e. The number of benzene rings is 3. The summed E-state index contributed by atoms with van der Waals surface area (Å²) in [5.41, 5.74) is 3.52. The van der Waals surface area contributed by atoms with Crippen molar-refractivity contribution in [1.29, 1.82) is 0 Å². The molecule has 0 atom stereocenters. The lowest BCUT2D eigenvalue weighted by atomic mass is 10.1. The van der Waals surface area contributed by atoms with Gasteiger partial charge in [-0.05, 0) is 60.9 Å². The predicted octanol–water partition coefficient (Wildman–Crippen LogP) is 5.56. The molecule has 0 N–H and O–H groups in total. The fourth-order valence-electron chi connectivity index (χ4n) is 4.09. The van der Waals surface area contributed by atoms with Crippen molar-refractivity contribution >= 4 is 21.8 Å². The van der Waals surface area contributed by atoms with E-state index in [0.29, 0.717) is 22.8 Å². The van der Waals surface area contributed by atoms with Crippen LogP contribution in [0.1, 0.15) is 30.5 Å². The maximum atomic E-state index is 13.6. The van der Waals surface area contributed by atoms with Gasteiger partial charge in [-0.15, -0.1) is 0 Å². The quantitative estimate of drug-likeness (QED) is 0.292. The van der Waals surface area contributed by atoms with E-state index in [1.807, 2.05) is 54.6 Å². The van der Waals surface area contributed by atoms with Crippen LogP contribution in [0, 0.1) is 0 Å². The molecule has 0 spiro atoms. The number of hydrogen-bond acceptors (Lipinski definition) is 6. The Balaban J connectivity index is 1.97. The molecule has 8 heteroatoms. The fraction of sp³-hybridized carbons (Fsp3) is 0.310. The molecule has 0 unspecified atom stereocenters. The van der Waals surface area contributed by atoms with Crippen molar-refractivity contribution in [2.24, 2.45) is 0 Å². The number of sulfonamides is 1. The van der Waals surface area contributed by atoms with Gasteiger partial charge in [0, 0.05) is 37.3 Å². The molecule has 7 nitrogen and oxygen atoms in total. The van der Waals surface area contributed by atoms with E-state index in [1.165, 1.54) is 31.0 Å². The number of ether oxygens (including phenoxy) is 3. The third-order valence-corrected chi connectivity index (χ3v) is 7.56. The van der Waals surface area contributed by atoms with Gasteiger partial charge in [0.1, 0.15) is 0 Å². The molecule has 3 aromatic carbocycles. The second kappa shape index (κ2) is 13.2. The molecule has 0 aliphatic carbocycles. The van der Waals surface area contributed by atoms with Gasteiger partial charge in [0.05, 0.1) is 21.3 Å². The van der Waals surface area contributed by atoms with Crippen molar-refractivity contribution in [1.82, 2.24) is 4.31 Å². The van der Waals surface area contributed by atoms with E-state index in [9.17, 15) is 8.42 Å². The van der Waals surface area contributed by atoms with Crippen LogP contribution in [0.5, 0.6) is 17.2 Å². The maximum Gasteiger partial charge on any atom is 0.236 e. The summed E-state index contributed by atoms with van der Waals surface area (Å²) in [7, 11) is 0.831. The zero-order chi connectivity index (χ0) is 26.8. The number of nitrogens with zero attached hydrogens (tertiary/aromatic N) is 2. The minimum atomic E-state index is -3.78. The number of rotatable bonds is 13. The third kappa shape index (κ3) is 7.27. The number of anilines is 1. The van der Waals surface area contributed by atoms with Crippen molar-refractivity contribution in [3.63, 3.8) is 0 Å². The average Bonchev–Trinajstić information content (AvgIpc) is 2.93. The smallest absolute Gasteiger partial charge is 0.236 e. The highest BCUT2D eigenvalue weighted by Crippen LogP contribution is 2.38. The minimum Gasteiger partial charge on any atom is -0.493 e. The van der Waals surface area contributed by atoms with E-state index in [0.717, 1.165) is 29.9 Å². The average molecular weight is 525 g/mol. The first kappa shape index (κ1) is 28.1. The molecule has 198 valence electrons. The van der Waals surface area contributed by atoms with E-state index in [1.54, 1.807) is 18.2 Å². The van der Waals surface area contributed by atoms with E-state index < -0.39 is 10.0 Å². The van der Waals surface area contributed by atoms with Gasteiger partial charge in [-0.25, -0.2) is 8.42 Å². The molecule has 37 heavy (non-hydrogen) atoms. The minimum absolute atomic E-state index is 0.121. The second-order valence-corrected chi connectivity index (χ2v) is 10.2. The zero-order valence-corrected chi connectivity index (χ0v) is 23.0. The van der Waals surface area contributed by atoms with Crippen molar-refractivity contribution < 1.29 is 22.6 Å². The summed E-state index contributed by atoms with van der Waals surface area (Å²) in [6.45, 7) is 6.36. The first-order valence-corrected chi connectivity index (χ1v) is 13.7. The lowest BCUT2D eigenvalue weighted by Crippen LogP contribution is -2.28. The summed E-state index contributed by atoms with van der Waals surface area (Å²) in [5, 5.41) is 1.25. The Labute approximate surface area is 220 Å². The van der Waals surface area contributed by atoms with E-state index in [4.69, 9.17) is 14.2 Å². The molecule has 0 amide bonds.